The van der Waals surface area contributed by atoms with Crippen LogP contribution < -0.4 is 10.5 Å². The number of aromatic nitrogens is 2. The molecule has 1 heterocycles. The first-order chi connectivity index (χ1) is 7.99. The molecule has 17 heavy (non-hydrogen) atoms. The number of aromatic amines is 1. The van der Waals surface area contributed by atoms with Crippen molar-refractivity contribution in [2.24, 2.45) is 5.73 Å². The maximum absolute atomic E-state index is 11.8. The van der Waals surface area contributed by atoms with E-state index in [9.17, 15) is 8.42 Å². The molecule has 1 aromatic rings. The van der Waals surface area contributed by atoms with E-state index in [0.29, 0.717) is 25.2 Å². The molecule has 0 saturated carbocycles. The first-order valence-corrected chi connectivity index (χ1v) is 7.27. The van der Waals surface area contributed by atoms with Crippen LogP contribution in [0.4, 0.5) is 0 Å². The smallest absolute Gasteiger partial charge is 0.257 e. The summed E-state index contributed by atoms with van der Waals surface area (Å²) in [4.78, 5) is 6.72. The van der Waals surface area contributed by atoms with Crippen LogP contribution in [0.3, 0.4) is 0 Å². The minimum Gasteiger partial charge on any atom is -0.332 e. The highest BCUT2D eigenvalue weighted by Crippen LogP contribution is 2.06. The van der Waals surface area contributed by atoms with Gasteiger partial charge in [0.1, 0.15) is 5.82 Å². The molecule has 1 atom stereocenters. The molecule has 0 amide bonds. The van der Waals surface area contributed by atoms with Gasteiger partial charge >= 0.3 is 0 Å². The summed E-state index contributed by atoms with van der Waals surface area (Å²) in [5, 5.41) is 0.111. The van der Waals surface area contributed by atoms with Crippen molar-refractivity contribution >= 4 is 10.0 Å². The van der Waals surface area contributed by atoms with E-state index < -0.39 is 10.0 Å². The van der Waals surface area contributed by atoms with Crippen molar-refractivity contribution in [3.8, 4) is 0 Å². The van der Waals surface area contributed by atoms with Gasteiger partial charge in [-0.15, -0.1) is 0 Å². The third kappa shape index (κ3) is 4.10. The normalized spacial score (nSPS) is 13.8. The maximum Gasteiger partial charge on any atom is 0.257 e. The van der Waals surface area contributed by atoms with E-state index in [4.69, 9.17) is 5.73 Å². The molecule has 0 bridgehead atoms. The third-order valence-electron chi connectivity index (χ3n) is 2.56. The molecule has 1 aromatic heterocycles. The van der Waals surface area contributed by atoms with Crippen LogP contribution in [-0.2, 0) is 16.4 Å². The van der Waals surface area contributed by atoms with Crippen molar-refractivity contribution in [2.45, 2.75) is 44.2 Å². The van der Waals surface area contributed by atoms with Crippen molar-refractivity contribution in [1.82, 2.24) is 14.7 Å². The van der Waals surface area contributed by atoms with Gasteiger partial charge in [-0.2, -0.15) is 0 Å². The highest BCUT2D eigenvalue weighted by atomic mass is 32.2. The van der Waals surface area contributed by atoms with Crippen molar-refractivity contribution in [2.75, 3.05) is 6.54 Å². The maximum atomic E-state index is 11.8. The monoisotopic (exact) mass is 260 g/mol. The van der Waals surface area contributed by atoms with Gasteiger partial charge in [-0.25, -0.2) is 18.1 Å². The number of nitrogens with one attached hydrogen (secondary N) is 2. The second-order valence-electron chi connectivity index (χ2n) is 3.90. The highest BCUT2D eigenvalue weighted by molar-refractivity contribution is 7.89. The Bertz CT molecular complexity index is 441. The second-order valence-corrected chi connectivity index (χ2v) is 5.64. The van der Waals surface area contributed by atoms with Gasteiger partial charge in [0.25, 0.3) is 10.0 Å². The molecule has 98 valence electrons. The van der Waals surface area contributed by atoms with Crippen molar-refractivity contribution < 1.29 is 8.42 Å². The summed E-state index contributed by atoms with van der Waals surface area (Å²) in [6, 6.07) is 0.0330. The largest absolute Gasteiger partial charge is 0.332 e. The van der Waals surface area contributed by atoms with Crippen LogP contribution in [0.15, 0.2) is 11.2 Å². The molecule has 1 unspecified atom stereocenters. The Kier molecular flexibility index (Phi) is 5.10. The predicted octanol–water partition coefficient (Wildman–Crippen LogP) is 0.378. The molecule has 4 N–H and O–H groups in total. The van der Waals surface area contributed by atoms with E-state index in [1.165, 1.54) is 6.20 Å². The van der Waals surface area contributed by atoms with Gasteiger partial charge in [0, 0.05) is 19.0 Å². The first-order valence-electron chi connectivity index (χ1n) is 5.78. The Balaban J connectivity index is 2.56. The fourth-order valence-electron chi connectivity index (χ4n) is 1.32. The summed E-state index contributed by atoms with van der Waals surface area (Å²) in [6.45, 7) is 4.22. The Morgan fingerprint density at radius 1 is 1.53 bits per heavy atom. The Hall–Kier alpha value is -0.920. The molecule has 0 aliphatic rings. The van der Waals surface area contributed by atoms with Crippen LogP contribution in [-0.4, -0.2) is 31.0 Å². The van der Waals surface area contributed by atoms with Crippen LogP contribution in [0, 0.1) is 0 Å². The first kappa shape index (κ1) is 14.1. The van der Waals surface area contributed by atoms with E-state index in [1.807, 2.05) is 13.8 Å². The number of hydrogen-bond donors (Lipinski definition) is 3. The summed E-state index contributed by atoms with van der Waals surface area (Å²) >= 11 is 0. The number of hydrogen-bond acceptors (Lipinski definition) is 4. The minimum atomic E-state index is -3.48. The topological polar surface area (TPSA) is 101 Å². The van der Waals surface area contributed by atoms with Crippen molar-refractivity contribution in [1.29, 1.82) is 0 Å². The van der Waals surface area contributed by atoms with Crippen molar-refractivity contribution in [3.05, 3.63) is 12.0 Å². The number of aryl methyl sites for hydroxylation is 1. The van der Waals surface area contributed by atoms with Crippen LogP contribution in [0.5, 0.6) is 0 Å². The summed E-state index contributed by atoms with van der Waals surface area (Å²) in [5.41, 5.74) is 5.71. The zero-order valence-electron chi connectivity index (χ0n) is 10.2. The second kappa shape index (κ2) is 6.13. The van der Waals surface area contributed by atoms with Gasteiger partial charge in [0.05, 0.1) is 6.20 Å². The van der Waals surface area contributed by atoms with Gasteiger partial charge in [-0.3, -0.25) is 0 Å². The Morgan fingerprint density at radius 2 is 2.24 bits per heavy atom. The van der Waals surface area contributed by atoms with Crippen molar-refractivity contribution in [3.63, 3.8) is 0 Å². The number of imidazole rings is 1. The zero-order valence-corrected chi connectivity index (χ0v) is 11.0. The lowest BCUT2D eigenvalue weighted by atomic mass is 10.2. The van der Waals surface area contributed by atoms with Gasteiger partial charge in [-0.1, -0.05) is 13.8 Å². The average Bonchev–Trinajstić information content (AvgIpc) is 2.77. The molecule has 0 radical (unpaired) electrons. The molecule has 6 nitrogen and oxygen atoms in total. The molecule has 1 rings (SSSR count). The van der Waals surface area contributed by atoms with Gasteiger partial charge in [0.15, 0.2) is 5.03 Å². The fourth-order valence-corrected chi connectivity index (χ4v) is 2.31. The average molecular weight is 260 g/mol. The SMILES string of the molecule is CCc1ncc(S(=O)(=O)NCCC(N)CC)[nH]1. The molecule has 0 aliphatic carbocycles. The quantitative estimate of drug-likeness (QED) is 0.659. The van der Waals surface area contributed by atoms with Crippen LogP contribution in [0.25, 0.3) is 0 Å². The van der Waals surface area contributed by atoms with E-state index in [-0.39, 0.29) is 11.1 Å². The number of H-pyrrole nitrogens is 1. The fraction of sp³-hybridized carbons (Fsp3) is 0.700. The molecule has 0 fully saturated rings. The molecule has 0 aromatic carbocycles. The van der Waals surface area contributed by atoms with Crippen LogP contribution >= 0.6 is 0 Å². The minimum absolute atomic E-state index is 0.0330. The molecule has 0 saturated heterocycles. The van der Waals surface area contributed by atoms with Gasteiger partial charge in [0.2, 0.25) is 0 Å². The molecule has 0 aliphatic heterocycles. The van der Waals surface area contributed by atoms with Gasteiger partial charge in [-0.05, 0) is 12.8 Å². The highest BCUT2D eigenvalue weighted by Gasteiger charge is 2.16. The van der Waals surface area contributed by atoms with E-state index >= 15 is 0 Å². The summed E-state index contributed by atoms with van der Waals surface area (Å²) in [6.07, 6.45) is 3.48. The number of rotatable bonds is 7. The summed E-state index contributed by atoms with van der Waals surface area (Å²) in [7, 11) is -3.48. The number of sulfonamides is 1. The van der Waals surface area contributed by atoms with Crippen LogP contribution in [0.2, 0.25) is 0 Å². The summed E-state index contributed by atoms with van der Waals surface area (Å²) in [5.74, 6) is 0.663. The predicted molar refractivity (Wildman–Crippen MR) is 66.0 cm³/mol. The molecule has 0 spiro atoms. The molecular formula is C10H20N4O2S. The van der Waals surface area contributed by atoms with E-state index in [2.05, 4.69) is 14.7 Å². The lowest BCUT2D eigenvalue weighted by molar-refractivity contribution is 0.555. The van der Waals surface area contributed by atoms with Crippen LogP contribution in [0.1, 0.15) is 32.5 Å². The third-order valence-corrected chi connectivity index (χ3v) is 3.93. The van der Waals surface area contributed by atoms with E-state index in [1.54, 1.807) is 0 Å². The number of nitrogens with two attached hydrogens (primary N) is 1. The zero-order chi connectivity index (χ0) is 12.9. The lowest BCUT2D eigenvalue weighted by Gasteiger charge is -2.09. The lowest BCUT2D eigenvalue weighted by Crippen LogP contribution is -2.30. The van der Waals surface area contributed by atoms with Gasteiger partial charge < -0.3 is 10.7 Å². The Morgan fingerprint density at radius 3 is 2.76 bits per heavy atom. The standard InChI is InChI=1S/C10H20N4O2S/c1-3-8(11)5-6-13-17(15,16)10-7-12-9(4-2)14-10/h7-8,13H,3-6,11H2,1-2H3,(H,12,14). The summed E-state index contributed by atoms with van der Waals surface area (Å²) < 4.78 is 26.1. The molecular weight excluding hydrogens is 240 g/mol. The number of nitrogens with zero attached hydrogens (tertiary/aromatic N) is 1. The van der Waals surface area contributed by atoms with E-state index in [0.717, 1.165) is 6.42 Å². The molecule has 7 heteroatoms. The Labute approximate surface area is 102 Å².